The van der Waals surface area contributed by atoms with Gasteiger partial charge in [-0.3, -0.25) is 4.79 Å². The van der Waals surface area contributed by atoms with Crippen molar-refractivity contribution < 1.29 is 9.53 Å². The van der Waals surface area contributed by atoms with Crippen molar-refractivity contribution in [2.24, 2.45) is 5.92 Å². The number of likely N-dealkylation sites (tertiary alicyclic amines) is 1. The fraction of sp³-hybridized carbons (Fsp3) is 0.600. The zero-order valence-corrected chi connectivity index (χ0v) is 15.4. The molecule has 0 N–H and O–H groups in total. The van der Waals surface area contributed by atoms with Crippen molar-refractivity contribution in [2.75, 3.05) is 26.3 Å². The molecule has 0 unspecified atom stereocenters. The number of imidazole rings is 1. The molecular formula is C20H27N3O2. The number of benzene rings is 1. The molecule has 2 saturated heterocycles. The van der Waals surface area contributed by atoms with E-state index in [-0.39, 0.29) is 11.3 Å². The van der Waals surface area contributed by atoms with Crippen LogP contribution in [0.4, 0.5) is 0 Å². The molecule has 0 bridgehead atoms. The number of ether oxygens (including phenoxy) is 1. The molecule has 25 heavy (non-hydrogen) atoms. The van der Waals surface area contributed by atoms with Crippen molar-refractivity contribution in [3.63, 3.8) is 0 Å². The zero-order chi connectivity index (χ0) is 17.6. The summed E-state index contributed by atoms with van der Waals surface area (Å²) in [5.74, 6) is 1.56. The molecule has 1 amide bonds. The van der Waals surface area contributed by atoms with E-state index in [1.54, 1.807) is 0 Å². The molecule has 2 fully saturated rings. The van der Waals surface area contributed by atoms with Gasteiger partial charge in [0.25, 0.3) is 0 Å². The lowest BCUT2D eigenvalue weighted by molar-refractivity contribution is -0.144. The normalized spacial score (nSPS) is 20.0. The third-order valence-electron chi connectivity index (χ3n) is 5.38. The molecule has 0 radical (unpaired) electrons. The molecule has 2 aromatic rings. The number of nitrogens with zero attached hydrogens (tertiary/aromatic N) is 3. The van der Waals surface area contributed by atoms with Gasteiger partial charge in [-0.15, -0.1) is 0 Å². The number of carbonyl (C=O) groups is 1. The Labute approximate surface area is 149 Å². The fourth-order valence-corrected chi connectivity index (χ4v) is 3.94. The van der Waals surface area contributed by atoms with Crippen LogP contribution >= 0.6 is 0 Å². The first-order valence-corrected chi connectivity index (χ1v) is 9.29. The van der Waals surface area contributed by atoms with Gasteiger partial charge in [-0.25, -0.2) is 4.98 Å². The third-order valence-corrected chi connectivity index (χ3v) is 5.38. The molecular weight excluding hydrogens is 314 g/mol. The molecule has 0 spiro atoms. The first kappa shape index (κ1) is 16.6. The zero-order valence-electron chi connectivity index (χ0n) is 15.4. The average molecular weight is 341 g/mol. The highest BCUT2D eigenvalue weighted by molar-refractivity contribution is 5.80. The summed E-state index contributed by atoms with van der Waals surface area (Å²) in [5.41, 5.74) is 2.20. The van der Waals surface area contributed by atoms with Gasteiger partial charge in [0.1, 0.15) is 5.82 Å². The Morgan fingerprint density at radius 3 is 2.52 bits per heavy atom. The van der Waals surface area contributed by atoms with Gasteiger partial charge in [0.05, 0.1) is 17.1 Å². The van der Waals surface area contributed by atoms with Crippen LogP contribution in [0.3, 0.4) is 0 Å². The summed E-state index contributed by atoms with van der Waals surface area (Å²) in [7, 11) is 0. The quantitative estimate of drug-likeness (QED) is 0.843. The molecule has 5 nitrogen and oxygen atoms in total. The summed E-state index contributed by atoms with van der Waals surface area (Å²) in [6, 6.07) is 8.64. The number of amides is 1. The number of carbonyl (C=O) groups excluding carboxylic acids is 1. The minimum absolute atomic E-state index is 0.0237. The lowest BCUT2D eigenvalue weighted by Crippen LogP contribution is -2.53. The maximum atomic E-state index is 12.7. The molecule has 0 atom stereocenters. The van der Waals surface area contributed by atoms with Crippen molar-refractivity contribution >= 4 is 16.9 Å². The van der Waals surface area contributed by atoms with Gasteiger partial charge in [-0.2, -0.15) is 0 Å². The van der Waals surface area contributed by atoms with E-state index in [9.17, 15) is 4.79 Å². The molecule has 2 aliphatic rings. The molecule has 0 aliphatic carbocycles. The summed E-state index contributed by atoms with van der Waals surface area (Å²) < 4.78 is 7.74. The monoisotopic (exact) mass is 341 g/mol. The lowest BCUT2D eigenvalue weighted by atomic mass is 9.93. The standard InChI is InChI=1S/C20H27N3O2/c1-20(2,3)19-21-16-6-4-5-7-17(16)23(19)15-12-22(13-15)18(24)14-8-10-25-11-9-14/h4-7,14-15H,8-13H2,1-3H3. The fourth-order valence-electron chi connectivity index (χ4n) is 3.94. The van der Waals surface area contributed by atoms with Crippen LogP contribution in [0.5, 0.6) is 0 Å². The molecule has 0 saturated carbocycles. The Bertz CT molecular complexity index is 778. The number of hydrogen-bond donors (Lipinski definition) is 0. The van der Waals surface area contributed by atoms with Gasteiger partial charge in [0.15, 0.2) is 0 Å². The second-order valence-electron chi connectivity index (χ2n) is 8.33. The SMILES string of the molecule is CC(C)(C)c1nc2ccccc2n1C1CN(C(=O)C2CCOCC2)C1. The van der Waals surface area contributed by atoms with Crippen LogP contribution in [0.25, 0.3) is 11.0 Å². The van der Waals surface area contributed by atoms with E-state index in [2.05, 4.69) is 43.5 Å². The third kappa shape index (κ3) is 2.95. The number of rotatable bonds is 2. The molecule has 1 aromatic heterocycles. The second kappa shape index (κ2) is 6.13. The van der Waals surface area contributed by atoms with Crippen molar-refractivity contribution in [3.05, 3.63) is 30.1 Å². The van der Waals surface area contributed by atoms with E-state index in [1.165, 1.54) is 5.52 Å². The molecule has 1 aromatic carbocycles. The Balaban J connectivity index is 1.56. The number of hydrogen-bond acceptors (Lipinski definition) is 3. The van der Waals surface area contributed by atoms with E-state index in [4.69, 9.17) is 9.72 Å². The summed E-state index contributed by atoms with van der Waals surface area (Å²) >= 11 is 0. The maximum Gasteiger partial charge on any atom is 0.226 e. The van der Waals surface area contributed by atoms with Crippen LogP contribution in [0.2, 0.25) is 0 Å². The average Bonchev–Trinajstić information content (AvgIpc) is 2.94. The topological polar surface area (TPSA) is 47.4 Å². The number of aromatic nitrogens is 2. The Kier molecular flexibility index (Phi) is 4.07. The Morgan fingerprint density at radius 2 is 1.84 bits per heavy atom. The maximum absolute atomic E-state index is 12.7. The van der Waals surface area contributed by atoms with Crippen LogP contribution in [-0.4, -0.2) is 46.7 Å². The van der Waals surface area contributed by atoms with Crippen LogP contribution in [-0.2, 0) is 14.9 Å². The van der Waals surface area contributed by atoms with Crippen LogP contribution in [0, 0.1) is 5.92 Å². The van der Waals surface area contributed by atoms with E-state index in [1.807, 2.05) is 11.0 Å². The highest BCUT2D eigenvalue weighted by Gasteiger charge is 2.38. The van der Waals surface area contributed by atoms with Gasteiger partial charge in [0.2, 0.25) is 5.91 Å². The summed E-state index contributed by atoms with van der Waals surface area (Å²) in [4.78, 5) is 19.6. The predicted octanol–water partition coefficient (Wildman–Crippen LogP) is 3.14. The second-order valence-corrected chi connectivity index (χ2v) is 8.33. The van der Waals surface area contributed by atoms with E-state index < -0.39 is 0 Å². The van der Waals surface area contributed by atoms with E-state index in [0.717, 1.165) is 37.3 Å². The minimum atomic E-state index is -0.0237. The molecule has 3 heterocycles. The highest BCUT2D eigenvalue weighted by atomic mass is 16.5. The predicted molar refractivity (Wildman–Crippen MR) is 97.6 cm³/mol. The Hall–Kier alpha value is -1.88. The first-order valence-electron chi connectivity index (χ1n) is 9.29. The summed E-state index contributed by atoms with van der Waals surface area (Å²) in [6.07, 6.45) is 1.72. The van der Waals surface area contributed by atoms with Gasteiger partial charge in [-0.1, -0.05) is 32.9 Å². The molecule has 4 rings (SSSR count). The van der Waals surface area contributed by atoms with Crippen molar-refractivity contribution in [3.8, 4) is 0 Å². The van der Waals surface area contributed by atoms with Gasteiger partial charge in [0, 0.05) is 37.6 Å². The van der Waals surface area contributed by atoms with Crippen molar-refractivity contribution in [1.29, 1.82) is 0 Å². The first-order chi connectivity index (χ1) is 11.9. The number of para-hydroxylation sites is 2. The molecule has 2 aliphatic heterocycles. The van der Waals surface area contributed by atoms with Gasteiger partial charge in [-0.05, 0) is 25.0 Å². The lowest BCUT2D eigenvalue weighted by Gasteiger charge is -2.43. The summed E-state index contributed by atoms with van der Waals surface area (Å²) in [5, 5.41) is 0. The largest absolute Gasteiger partial charge is 0.381 e. The minimum Gasteiger partial charge on any atom is -0.381 e. The van der Waals surface area contributed by atoms with Gasteiger partial charge >= 0.3 is 0 Å². The smallest absolute Gasteiger partial charge is 0.226 e. The molecule has 5 heteroatoms. The van der Waals surface area contributed by atoms with Crippen molar-refractivity contribution in [1.82, 2.24) is 14.5 Å². The van der Waals surface area contributed by atoms with Crippen LogP contribution < -0.4 is 0 Å². The molecule has 134 valence electrons. The Morgan fingerprint density at radius 1 is 1.16 bits per heavy atom. The number of fused-ring (bicyclic) bond motifs is 1. The van der Waals surface area contributed by atoms with E-state index in [0.29, 0.717) is 25.2 Å². The summed E-state index contributed by atoms with van der Waals surface area (Å²) in [6.45, 7) is 9.62. The van der Waals surface area contributed by atoms with Crippen LogP contribution in [0.15, 0.2) is 24.3 Å². The highest BCUT2D eigenvalue weighted by Crippen LogP contribution is 2.34. The van der Waals surface area contributed by atoms with E-state index >= 15 is 0 Å². The van der Waals surface area contributed by atoms with Crippen LogP contribution in [0.1, 0.15) is 45.5 Å². The van der Waals surface area contributed by atoms with Gasteiger partial charge < -0.3 is 14.2 Å². The van der Waals surface area contributed by atoms with Crippen molar-refractivity contribution in [2.45, 2.75) is 45.1 Å².